The Bertz CT molecular complexity index is 831. The lowest BCUT2D eigenvalue weighted by Gasteiger charge is -2.18. The number of rotatable bonds is 5. The Hall–Kier alpha value is -1.45. The zero-order chi connectivity index (χ0) is 17.4. The molecule has 9 heteroatoms. The number of benzene rings is 1. The minimum Gasteiger partial charge on any atom is -0.273 e. The normalized spacial score (nSPS) is 19.1. The van der Waals surface area contributed by atoms with Crippen molar-refractivity contribution >= 4 is 31.6 Å². The molecule has 0 spiro atoms. The monoisotopic (exact) mass is 360 g/mol. The predicted octanol–water partition coefficient (Wildman–Crippen LogP) is 1.14. The van der Waals surface area contributed by atoms with Crippen LogP contribution in [0, 0.1) is 6.92 Å². The maximum absolute atomic E-state index is 12.3. The molecule has 0 unspecified atom stereocenters. The molecule has 23 heavy (non-hydrogen) atoms. The van der Waals surface area contributed by atoms with E-state index in [1.165, 1.54) is 18.2 Å². The molecule has 1 aliphatic rings. The van der Waals surface area contributed by atoms with Crippen LogP contribution < -0.4 is 9.03 Å². The van der Waals surface area contributed by atoms with E-state index in [9.17, 15) is 21.6 Å². The summed E-state index contributed by atoms with van der Waals surface area (Å²) in [7, 11) is -7.35. The Balaban J connectivity index is 2.41. The highest BCUT2D eigenvalue weighted by atomic mass is 32.2. The van der Waals surface area contributed by atoms with Crippen LogP contribution in [0.2, 0.25) is 0 Å². The third-order valence-electron chi connectivity index (χ3n) is 3.73. The van der Waals surface area contributed by atoms with Gasteiger partial charge in [-0.3, -0.25) is 4.79 Å². The van der Waals surface area contributed by atoms with Crippen molar-refractivity contribution in [2.24, 2.45) is 0 Å². The summed E-state index contributed by atoms with van der Waals surface area (Å²) in [6.07, 6.45) is 0.591. The Morgan fingerprint density at radius 1 is 1.35 bits per heavy atom. The van der Waals surface area contributed by atoms with Gasteiger partial charge in [0, 0.05) is 12.5 Å². The van der Waals surface area contributed by atoms with Crippen LogP contribution in [0.15, 0.2) is 23.1 Å². The largest absolute Gasteiger partial charge is 0.273 e. The van der Waals surface area contributed by atoms with Crippen molar-refractivity contribution in [3.05, 3.63) is 23.8 Å². The minimum absolute atomic E-state index is 0.0585. The quantitative estimate of drug-likeness (QED) is 0.848. The van der Waals surface area contributed by atoms with Gasteiger partial charge in [-0.05, 0) is 44.0 Å². The van der Waals surface area contributed by atoms with Crippen LogP contribution in [-0.2, 0) is 24.8 Å². The second-order valence-corrected chi connectivity index (χ2v) is 9.22. The molecule has 1 aromatic carbocycles. The number of amides is 1. The van der Waals surface area contributed by atoms with Crippen molar-refractivity contribution in [3.8, 4) is 0 Å². The van der Waals surface area contributed by atoms with Crippen molar-refractivity contribution in [1.29, 1.82) is 0 Å². The fourth-order valence-electron chi connectivity index (χ4n) is 2.34. The first-order chi connectivity index (χ1) is 10.6. The summed E-state index contributed by atoms with van der Waals surface area (Å²) in [4.78, 5) is 11.9. The summed E-state index contributed by atoms with van der Waals surface area (Å²) in [5, 5.41) is 0. The van der Waals surface area contributed by atoms with Gasteiger partial charge in [0.15, 0.2) is 0 Å². The Morgan fingerprint density at radius 2 is 2.00 bits per heavy atom. The zero-order valence-corrected chi connectivity index (χ0v) is 14.9. The van der Waals surface area contributed by atoms with E-state index in [0.717, 1.165) is 4.31 Å². The van der Waals surface area contributed by atoms with Gasteiger partial charge in [0.1, 0.15) is 0 Å². The third kappa shape index (κ3) is 3.56. The van der Waals surface area contributed by atoms with Crippen LogP contribution in [-0.4, -0.2) is 34.5 Å². The molecule has 0 radical (unpaired) electrons. The number of anilines is 1. The van der Waals surface area contributed by atoms with Gasteiger partial charge in [0.2, 0.25) is 26.0 Å². The predicted molar refractivity (Wildman–Crippen MR) is 87.1 cm³/mol. The fourth-order valence-corrected chi connectivity index (χ4v) is 5.35. The van der Waals surface area contributed by atoms with Crippen molar-refractivity contribution in [3.63, 3.8) is 0 Å². The van der Waals surface area contributed by atoms with Gasteiger partial charge in [-0.1, -0.05) is 6.92 Å². The molecule has 0 aliphatic carbocycles. The van der Waals surface area contributed by atoms with Crippen molar-refractivity contribution in [1.82, 2.24) is 4.72 Å². The summed E-state index contributed by atoms with van der Waals surface area (Å²) in [6.45, 7) is 5.20. The molecule has 2 rings (SSSR count). The average molecular weight is 360 g/mol. The van der Waals surface area contributed by atoms with Gasteiger partial charge in [0.05, 0.1) is 16.3 Å². The Morgan fingerprint density at radius 3 is 2.48 bits per heavy atom. The van der Waals surface area contributed by atoms with Crippen LogP contribution in [0.25, 0.3) is 0 Å². The van der Waals surface area contributed by atoms with E-state index in [1.54, 1.807) is 13.8 Å². The molecule has 1 aliphatic heterocycles. The molecule has 1 N–H and O–H groups in total. The molecule has 0 saturated carbocycles. The minimum atomic E-state index is -3.69. The van der Waals surface area contributed by atoms with Crippen molar-refractivity contribution in [2.75, 3.05) is 10.1 Å². The number of carbonyl (C=O) groups is 1. The highest BCUT2D eigenvalue weighted by Crippen LogP contribution is 2.28. The molecule has 1 atom stereocenters. The highest BCUT2D eigenvalue weighted by molar-refractivity contribution is 7.94. The Kier molecular flexibility index (Phi) is 4.84. The van der Waals surface area contributed by atoms with Gasteiger partial charge in [-0.25, -0.2) is 25.9 Å². The maximum atomic E-state index is 12.3. The topological polar surface area (TPSA) is 101 Å². The van der Waals surface area contributed by atoms with Crippen molar-refractivity contribution < 1.29 is 21.6 Å². The number of nitrogens with one attached hydrogen (secondary N) is 1. The number of sulfonamides is 2. The first kappa shape index (κ1) is 17.9. The molecular weight excluding hydrogens is 340 g/mol. The van der Waals surface area contributed by atoms with Crippen molar-refractivity contribution in [2.45, 2.75) is 44.6 Å². The van der Waals surface area contributed by atoms with Gasteiger partial charge in [-0.15, -0.1) is 0 Å². The third-order valence-corrected chi connectivity index (χ3v) is 7.17. The van der Waals surface area contributed by atoms with Crippen LogP contribution in [0.1, 0.15) is 32.3 Å². The summed E-state index contributed by atoms with van der Waals surface area (Å²) >= 11 is 0. The van der Waals surface area contributed by atoms with Crippen LogP contribution in [0.3, 0.4) is 0 Å². The lowest BCUT2D eigenvalue weighted by Crippen LogP contribution is -2.33. The second kappa shape index (κ2) is 6.21. The van der Waals surface area contributed by atoms with E-state index in [1.807, 2.05) is 6.92 Å². The summed E-state index contributed by atoms with van der Waals surface area (Å²) in [5.41, 5.74) is 0.556. The summed E-state index contributed by atoms with van der Waals surface area (Å²) in [5.74, 6) is -0.724. The summed E-state index contributed by atoms with van der Waals surface area (Å²) in [6, 6.07) is 3.88. The lowest BCUT2D eigenvalue weighted by molar-refractivity contribution is -0.116. The first-order valence-electron chi connectivity index (χ1n) is 7.27. The molecular formula is C14H20N2O5S2. The SMILES string of the molecule is CC[C@H](C)NS(=O)(=O)c1ccc(N2C(=O)CCS2(=O)=O)cc1C. The van der Waals surface area contributed by atoms with Crippen LogP contribution >= 0.6 is 0 Å². The van der Waals surface area contributed by atoms with E-state index >= 15 is 0 Å². The lowest BCUT2D eigenvalue weighted by atomic mass is 10.2. The molecule has 1 fully saturated rings. The molecule has 7 nitrogen and oxygen atoms in total. The number of nitrogens with zero attached hydrogens (tertiary/aromatic N) is 1. The van der Waals surface area contributed by atoms with Gasteiger partial charge in [0.25, 0.3) is 0 Å². The smallest absolute Gasteiger partial charge is 0.242 e. The number of hydrogen-bond donors (Lipinski definition) is 1. The fraction of sp³-hybridized carbons (Fsp3) is 0.500. The van der Waals surface area contributed by atoms with E-state index < -0.39 is 26.0 Å². The molecule has 1 aromatic rings. The molecule has 1 amide bonds. The standard InChI is InChI=1S/C14H20N2O5S2/c1-4-11(3)15-23(20,21)13-6-5-12(9-10(13)2)16-14(17)7-8-22(16,18)19/h5-6,9,11,15H,4,7-8H2,1-3H3/t11-/m0/s1. The molecule has 128 valence electrons. The van der Waals surface area contributed by atoms with Crippen LogP contribution in [0.5, 0.6) is 0 Å². The van der Waals surface area contributed by atoms with Crippen LogP contribution in [0.4, 0.5) is 5.69 Å². The molecule has 0 bridgehead atoms. The molecule has 1 saturated heterocycles. The average Bonchev–Trinajstić information content (AvgIpc) is 2.71. The Labute approximate surface area is 136 Å². The first-order valence-corrected chi connectivity index (χ1v) is 10.4. The highest BCUT2D eigenvalue weighted by Gasteiger charge is 2.36. The number of hydrogen-bond acceptors (Lipinski definition) is 5. The maximum Gasteiger partial charge on any atom is 0.242 e. The van der Waals surface area contributed by atoms with Gasteiger partial charge < -0.3 is 0 Å². The second-order valence-electron chi connectivity index (χ2n) is 5.60. The molecule has 1 heterocycles. The molecule has 0 aromatic heterocycles. The van der Waals surface area contributed by atoms with E-state index in [0.29, 0.717) is 12.0 Å². The number of aryl methyl sites for hydroxylation is 1. The van der Waals surface area contributed by atoms with E-state index in [-0.39, 0.29) is 28.8 Å². The number of carbonyl (C=O) groups excluding carboxylic acids is 1. The zero-order valence-electron chi connectivity index (χ0n) is 13.2. The van der Waals surface area contributed by atoms with E-state index in [4.69, 9.17) is 0 Å². The van der Waals surface area contributed by atoms with Gasteiger partial charge in [-0.2, -0.15) is 0 Å². The summed E-state index contributed by atoms with van der Waals surface area (Å²) < 4.78 is 51.8. The van der Waals surface area contributed by atoms with Gasteiger partial charge >= 0.3 is 0 Å². The van der Waals surface area contributed by atoms with E-state index in [2.05, 4.69) is 4.72 Å².